The molecule has 1 aliphatic rings. The third-order valence-electron chi connectivity index (χ3n) is 2.07. The van der Waals surface area contributed by atoms with Gasteiger partial charge in [0.2, 0.25) is 5.91 Å². The lowest BCUT2D eigenvalue weighted by Crippen LogP contribution is -2.31. The Bertz CT molecular complexity index is 204. The third kappa shape index (κ3) is 3.43. The zero-order valence-corrected chi connectivity index (χ0v) is 7.58. The molecule has 1 aliphatic heterocycles. The van der Waals surface area contributed by atoms with Crippen molar-refractivity contribution >= 4 is 5.91 Å². The molecule has 4 nitrogen and oxygen atoms in total. The largest absolute Gasteiger partial charge is 0.381 e. The summed E-state index contributed by atoms with van der Waals surface area (Å²) in [4.78, 5) is 11.3. The second-order valence-electron chi connectivity index (χ2n) is 3.11. The van der Waals surface area contributed by atoms with Crippen molar-refractivity contribution in [3.05, 3.63) is 0 Å². The quantitative estimate of drug-likeness (QED) is 0.642. The van der Waals surface area contributed by atoms with Crippen molar-refractivity contribution < 1.29 is 9.53 Å². The second-order valence-corrected chi connectivity index (χ2v) is 3.11. The summed E-state index contributed by atoms with van der Waals surface area (Å²) in [5.41, 5.74) is 0. The minimum atomic E-state index is 0.0297. The number of carbonyl (C=O) groups excluding carboxylic acids is 1. The van der Waals surface area contributed by atoms with Crippen LogP contribution in [0.4, 0.5) is 0 Å². The van der Waals surface area contributed by atoms with E-state index in [1.54, 1.807) is 0 Å². The SMILES string of the molecule is N#CCCCNC(=O)C1CCOC1. The van der Waals surface area contributed by atoms with Crippen molar-refractivity contribution in [2.45, 2.75) is 19.3 Å². The van der Waals surface area contributed by atoms with Gasteiger partial charge in [-0.1, -0.05) is 0 Å². The Morgan fingerprint density at radius 2 is 2.54 bits per heavy atom. The van der Waals surface area contributed by atoms with Crippen LogP contribution >= 0.6 is 0 Å². The van der Waals surface area contributed by atoms with E-state index in [2.05, 4.69) is 5.32 Å². The summed E-state index contributed by atoms with van der Waals surface area (Å²) in [6.45, 7) is 1.84. The monoisotopic (exact) mass is 182 g/mol. The molecular formula is C9H14N2O2. The van der Waals surface area contributed by atoms with Gasteiger partial charge in [-0.05, 0) is 12.8 Å². The molecule has 1 fully saturated rings. The average molecular weight is 182 g/mol. The number of unbranched alkanes of at least 4 members (excludes halogenated alkanes) is 1. The van der Waals surface area contributed by atoms with Gasteiger partial charge in [-0.2, -0.15) is 5.26 Å². The van der Waals surface area contributed by atoms with Crippen LogP contribution in [0.25, 0.3) is 0 Å². The van der Waals surface area contributed by atoms with Crippen molar-refractivity contribution in [1.29, 1.82) is 5.26 Å². The fourth-order valence-corrected chi connectivity index (χ4v) is 1.26. The van der Waals surface area contributed by atoms with Crippen LogP contribution in [0.15, 0.2) is 0 Å². The minimum Gasteiger partial charge on any atom is -0.381 e. The highest BCUT2D eigenvalue weighted by Crippen LogP contribution is 2.11. The minimum absolute atomic E-state index is 0.0297. The van der Waals surface area contributed by atoms with Gasteiger partial charge in [0.1, 0.15) is 0 Å². The molecule has 1 N–H and O–H groups in total. The first-order chi connectivity index (χ1) is 6.34. The summed E-state index contributed by atoms with van der Waals surface area (Å²) in [5, 5.41) is 11.0. The van der Waals surface area contributed by atoms with Gasteiger partial charge in [-0.3, -0.25) is 4.79 Å². The van der Waals surface area contributed by atoms with Crippen LogP contribution in [0, 0.1) is 17.2 Å². The predicted octanol–water partition coefficient (Wildman–Crippen LogP) is 0.443. The molecular weight excluding hydrogens is 168 g/mol. The smallest absolute Gasteiger partial charge is 0.225 e. The topological polar surface area (TPSA) is 62.1 Å². The highest BCUT2D eigenvalue weighted by atomic mass is 16.5. The number of rotatable bonds is 4. The van der Waals surface area contributed by atoms with Gasteiger partial charge >= 0.3 is 0 Å². The lowest BCUT2D eigenvalue weighted by molar-refractivity contribution is -0.124. The molecule has 1 atom stereocenters. The number of nitrogens with zero attached hydrogens (tertiary/aromatic N) is 1. The molecule has 1 unspecified atom stereocenters. The molecule has 0 aliphatic carbocycles. The first-order valence-corrected chi connectivity index (χ1v) is 4.57. The number of ether oxygens (including phenoxy) is 1. The van der Waals surface area contributed by atoms with E-state index in [1.807, 2.05) is 6.07 Å². The molecule has 0 radical (unpaired) electrons. The highest BCUT2D eigenvalue weighted by molar-refractivity contribution is 5.78. The van der Waals surface area contributed by atoms with E-state index in [0.29, 0.717) is 26.2 Å². The first-order valence-electron chi connectivity index (χ1n) is 4.57. The van der Waals surface area contributed by atoms with E-state index in [-0.39, 0.29) is 11.8 Å². The Morgan fingerprint density at radius 3 is 3.15 bits per heavy atom. The van der Waals surface area contributed by atoms with Gasteiger partial charge in [0.05, 0.1) is 18.6 Å². The van der Waals surface area contributed by atoms with Gasteiger partial charge < -0.3 is 10.1 Å². The van der Waals surface area contributed by atoms with Crippen LogP contribution in [-0.4, -0.2) is 25.7 Å². The van der Waals surface area contributed by atoms with E-state index < -0.39 is 0 Å². The standard InChI is InChI=1S/C9H14N2O2/c10-4-1-2-5-11-9(12)8-3-6-13-7-8/h8H,1-3,5-7H2,(H,11,12). The van der Waals surface area contributed by atoms with Crippen LogP contribution in [0.2, 0.25) is 0 Å². The molecule has 1 rings (SSSR count). The predicted molar refractivity (Wildman–Crippen MR) is 46.8 cm³/mol. The van der Waals surface area contributed by atoms with E-state index >= 15 is 0 Å². The third-order valence-corrected chi connectivity index (χ3v) is 2.07. The summed E-state index contributed by atoms with van der Waals surface area (Å²) in [6, 6.07) is 2.03. The van der Waals surface area contributed by atoms with Crippen LogP contribution in [-0.2, 0) is 9.53 Å². The number of hydrogen-bond donors (Lipinski definition) is 1. The molecule has 0 aromatic heterocycles. The molecule has 1 heterocycles. The summed E-state index contributed by atoms with van der Waals surface area (Å²) in [7, 11) is 0. The maximum Gasteiger partial charge on any atom is 0.225 e. The fraction of sp³-hybridized carbons (Fsp3) is 0.778. The molecule has 0 saturated carbocycles. The maximum atomic E-state index is 11.3. The number of carbonyl (C=O) groups is 1. The molecule has 0 bridgehead atoms. The van der Waals surface area contributed by atoms with Gasteiger partial charge in [-0.15, -0.1) is 0 Å². The Labute approximate surface area is 77.9 Å². The number of amides is 1. The van der Waals surface area contributed by atoms with Crippen molar-refractivity contribution in [2.24, 2.45) is 5.92 Å². The summed E-state index contributed by atoms with van der Waals surface area (Å²) in [6.07, 6.45) is 2.06. The zero-order valence-electron chi connectivity index (χ0n) is 7.58. The highest BCUT2D eigenvalue weighted by Gasteiger charge is 2.22. The van der Waals surface area contributed by atoms with Crippen molar-refractivity contribution in [3.8, 4) is 6.07 Å². The molecule has 1 amide bonds. The lowest BCUT2D eigenvalue weighted by Gasteiger charge is -2.07. The van der Waals surface area contributed by atoms with Crippen LogP contribution in [0.5, 0.6) is 0 Å². The molecule has 0 spiro atoms. The van der Waals surface area contributed by atoms with Crippen LogP contribution < -0.4 is 5.32 Å². The molecule has 1 saturated heterocycles. The molecule has 4 heteroatoms. The number of nitriles is 1. The van der Waals surface area contributed by atoms with Crippen molar-refractivity contribution in [3.63, 3.8) is 0 Å². The van der Waals surface area contributed by atoms with E-state index in [1.165, 1.54) is 0 Å². The first kappa shape index (κ1) is 10.0. The Balaban J connectivity index is 2.07. The maximum absolute atomic E-state index is 11.3. The van der Waals surface area contributed by atoms with Crippen LogP contribution in [0.1, 0.15) is 19.3 Å². The summed E-state index contributed by atoms with van der Waals surface area (Å²) < 4.78 is 5.09. The lowest BCUT2D eigenvalue weighted by atomic mass is 10.1. The fourth-order valence-electron chi connectivity index (χ4n) is 1.26. The normalized spacial score (nSPS) is 21.0. The summed E-state index contributed by atoms with van der Waals surface area (Å²) >= 11 is 0. The van der Waals surface area contributed by atoms with Crippen molar-refractivity contribution in [1.82, 2.24) is 5.32 Å². The Morgan fingerprint density at radius 1 is 1.69 bits per heavy atom. The molecule has 0 aromatic rings. The summed E-state index contributed by atoms with van der Waals surface area (Å²) in [5.74, 6) is 0.0949. The van der Waals surface area contributed by atoms with E-state index in [0.717, 1.165) is 12.8 Å². The number of hydrogen-bond acceptors (Lipinski definition) is 3. The average Bonchev–Trinajstić information content (AvgIpc) is 2.65. The van der Waals surface area contributed by atoms with Gasteiger partial charge in [-0.25, -0.2) is 0 Å². The van der Waals surface area contributed by atoms with E-state index in [4.69, 9.17) is 10.00 Å². The van der Waals surface area contributed by atoms with Crippen molar-refractivity contribution in [2.75, 3.05) is 19.8 Å². The second kappa shape index (κ2) is 5.55. The van der Waals surface area contributed by atoms with Gasteiger partial charge in [0.25, 0.3) is 0 Å². The molecule has 13 heavy (non-hydrogen) atoms. The Kier molecular flexibility index (Phi) is 4.27. The number of nitrogens with one attached hydrogen (secondary N) is 1. The zero-order chi connectivity index (χ0) is 9.52. The molecule has 72 valence electrons. The molecule has 0 aromatic carbocycles. The van der Waals surface area contributed by atoms with E-state index in [9.17, 15) is 4.79 Å². The Hall–Kier alpha value is -1.08. The van der Waals surface area contributed by atoms with Gasteiger partial charge in [0, 0.05) is 19.6 Å². The van der Waals surface area contributed by atoms with Crippen LogP contribution in [0.3, 0.4) is 0 Å². The van der Waals surface area contributed by atoms with Gasteiger partial charge in [0.15, 0.2) is 0 Å².